The van der Waals surface area contributed by atoms with E-state index in [1.165, 1.54) is 0 Å². The number of likely N-dealkylation sites (tertiary alicyclic amines) is 1. The summed E-state index contributed by atoms with van der Waals surface area (Å²) < 4.78 is 11.6. The molecule has 2 fully saturated rings. The van der Waals surface area contributed by atoms with Gasteiger partial charge in [0, 0.05) is 20.1 Å². The van der Waals surface area contributed by atoms with Crippen LogP contribution in [0.15, 0.2) is 54.6 Å². The third kappa shape index (κ3) is 3.60. The van der Waals surface area contributed by atoms with Gasteiger partial charge in [-0.1, -0.05) is 42.5 Å². The van der Waals surface area contributed by atoms with Gasteiger partial charge in [0.1, 0.15) is 18.5 Å². The number of hydrogen-bond donors (Lipinski definition) is 0. The smallest absolute Gasteiger partial charge is 0.260 e. The zero-order chi connectivity index (χ0) is 20.4. The standard InChI is InChI=1S/C23H26N2O4/c1-17-7-6-10-19(13-17)28-16-22(27)25-12-11-23(18-8-4-3-5-9-18)20(14-25)29-15-21(26)24(23)2/h3-10,13,20H,11-12,14-16H2,1-2H3/t20-,23+/m1/s1. The van der Waals surface area contributed by atoms with E-state index in [0.717, 1.165) is 11.1 Å². The lowest BCUT2D eigenvalue weighted by Crippen LogP contribution is -2.67. The Morgan fingerprint density at radius 1 is 1.21 bits per heavy atom. The van der Waals surface area contributed by atoms with Gasteiger partial charge in [0.05, 0.1) is 5.54 Å². The Hall–Kier alpha value is -2.86. The highest BCUT2D eigenvalue weighted by Gasteiger charge is 2.53. The number of fused-ring (bicyclic) bond motifs is 1. The molecule has 0 spiro atoms. The van der Waals surface area contributed by atoms with Crippen molar-refractivity contribution in [3.05, 3.63) is 65.7 Å². The minimum atomic E-state index is -0.551. The van der Waals surface area contributed by atoms with Crippen molar-refractivity contribution in [3.63, 3.8) is 0 Å². The molecule has 2 atom stereocenters. The van der Waals surface area contributed by atoms with Crippen LogP contribution in [0.4, 0.5) is 0 Å². The fourth-order valence-corrected chi connectivity index (χ4v) is 4.39. The van der Waals surface area contributed by atoms with Gasteiger partial charge in [-0.05, 0) is 36.6 Å². The first-order valence-corrected chi connectivity index (χ1v) is 9.92. The molecule has 0 unspecified atom stereocenters. The van der Waals surface area contributed by atoms with Crippen LogP contribution < -0.4 is 4.74 Å². The monoisotopic (exact) mass is 394 g/mol. The summed E-state index contributed by atoms with van der Waals surface area (Å²) >= 11 is 0. The number of aryl methyl sites for hydroxylation is 1. The van der Waals surface area contributed by atoms with Gasteiger partial charge in [-0.3, -0.25) is 9.59 Å². The number of carbonyl (C=O) groups excluding carboxylic acids is 2. The third-order valence-electron chi connectivity index (χ3n) is 6.04. The van der Waals surface area contributed by atoms with Crippen LogP contribution in [-0.4, -0.2) is 61.1 Å². The van der Waals surface area contributed by atoms with Crippen LogP contribution in [-0.2, 0) is 19.9 Å². The lowest BCUT2D eigenvalue weighted by atomic mass is 9.76. The molecular weight excluding hydrogens is 368 g/mol. The lowest BCUT2D eigenvalue weighted by molar-refractivity contribution is -0.184. The molecule has 6 heteroatoms. The molecule has 0 N–H and O–H groups in total. The summed E-state index contributed by atoms with van der Waals surface area (Å²) in [6.07, 6.45) is 0.351. The van der Waals surface area contributed by atoms with Crippen LogP contribution >= 0.6 is 0 Å². The van der Waals surface area contributed by atoms with E-state index in [9.17, 15) is 9.59 Å². The van der Waals surface area contributed by atoms with Gasteiger partial charge in [0.2, 0.25) is 5.91 Å². The van der Waals surface area contributed by atoms with Gasteiger partial charge in [0.15, 0.2) is 6.61 Å². The van der Waals surface area contributed by atoms with Crippen LogP contribution in [0.25, 0.3) is 0 Å². The molecule has 2 aliphatic heterocycles. The molecule has 2 saturated heterocycles. The van der Waals surface area contributed by atoms with Crippen LogP contribution in [0.1, 0.15) is 17.5 Å². The number of rotatable bonds is 4. The number of nitrogens with zero attached hydrogens (tertiary/aromatic N) is 2. The molecule has 2 aromatic carbocycles. The molecule has 0 bridgehead atoms. The van der Waals surface area contributed by atoms with E-state index in [1.54, 1.807) is 4.90 Å². The molecule has 4 rings (SSSR count). The predicted molar refractivity (Wildman–Crippen MR) is 109 cm³/mol. The lowest BCUT2D eigenvalue weighted by Gasteiger charge is -2.54. The second-order valence-electron chi connectivity index (χ2n) is 7.74. The number of ether oxygens (including phenoxy) is 2. The molecule has 0 radical (unpaired) electrons. The van der Waals surface area contributed by atoms with Crippen LogP contribution in [0.5, 0.6) is 5.75 Å². The molecule has 0 aliphatic carbocycles. The van der Waals surface area contributed by atoms with Crippen molar-refractivity contribution in [2.45, 2.75) is 25.0 Å². The van der Waals surface area contributed by atoms with Gasteiger partial charge in [-0.2, -0.15) is 0 Å². The Labute approximate surface area is 171 Å². The van der Waals surface area contributed by atoms with Crippen molar-refractivity contribution in [1.82, 2.24) is 9.80 Å². The highest BCUT2D eigenvalue weighted by molar-refractivity contribution is 5.80. The Balaban J connectivity index is 1.49. The van der Waals surface area contributed by atoms with E-state index >= 15 is 0 Å². The van der Waals surface area contributed by atoms with Gasteiger partial charge in [0.25, 0.3) is 5.91 Å². The molecular formula is C23H26N2O4. The van der Waals surface area contributed by atoms with Gasteiger partial charge >= 0.3 is 0 Å². The number of benzene rings is 2. The van der Waals surface area contributed by atoms with Crippen LogP contribution in [0.2, 0.25) is 0 Å². The van der Waals surface area contributed by atoms with E-state index in [2.05, 4.69) is 0 Å². The summed E-state index contributed by atoms with van der Waals surface area (Å²) in [5.41, 5.74) is 1.58. The Kier molecular flexibility index (Phi) is 5.28. The van der Waals surface area contributed by atoms with Crippen molar-refractivity contribution in [3.8, 4) is 5.75 Å². The minimum Gasteiger partial charge on any atom is -0.484 e. The topological polar surface area (TPSA) is 59.1 Å². The maximum absolute atomic E-state index is 12.8. The van der Waals surface area contributed by atoms with Gasteiger partial charge in [-0.15, -0.1) is 0 Å². The normalized spacial score (nSPS) is 24.2. The van der Waals surface area contributed by atoms with Crippen molar-refractivity contribution in [2.75, 3.05) is 33.4 Å². The van der Waals surface area contributed by atoms with Gasteiger partial charge in [-0.25, -0.2) is 0 Å². The highest BCUT2D eigenvalue weighted by atomic mass is 16.5. The van der Waals surface area contributed by atoms with Crippen molar-refractivity contribution >= 4 is 11.8 Å². The zero-order valence-corrected chi connectivity index (χ0v) is 16.8. The average molecular weight is 394 g/mol. The highest BCUT2D eigenvalue weighted by Crippen LogP contribution is 2.42. The van der Waals surface area contributed by atoms with Crippen molar-refractivity contribution < 1.29 is 19.1 Å². The molecule has 0 aromatic heterocycles. The summed E-state index contributed by atoms with van der Waals surface area (Å²) in [5.74, 6) is 0.581. The number of likely N-dealkylation sites (N-methyl/N-ethyl adjacent to an activating group) is 1. The first-order valence-electron chi connectivity index (χ1n) is 9.92. The molecule has 2 aromatic rings. The number of morpholine rings is 1. The maximum atomic E-state index is 12.8. The van der Waals surface area contributed by atoms with Gasteiger partial charge < -0.3 is 19.3 Å². The summed E-state index contributed by atoms with van der Waals surface area (Å²) in [5, 5.41) is 0. The maximum Gasteiger partial charge on any atom is 0.260 e. The number of carbonyl (C=O) groups is 2. The zero-order valence-electron chi connectivity index (χ0n) is 16.8. The predicted octanol–water partition coefficient (Wildman–Crippen LogP) is 2.36. The minimum absolute atomic E-state index is 0.0106. The van der Waals surface area contributed by atoms with Crippen LogP contribution in [0.3, 0.4) is 0 Å². The Morgan fingerprint density at radius 2 is 2.00 bits per heavy atom. The molecule has 152 valence electrons. The quantitative estimate of drug-likeness (QED) is 0.799. The number of piperidine rings is 1. The largest absolute Gasteiger partial charge is 0.484 e. The summed E-state index contributed by atoms with van der Waals surface area (Å²) in [4.78, 5) is 28.8. The van der Waals surface area contributed by atoms with Crippen molar-refractivity contribution in [2.24, 2.45) is 0 Å². The molecule has 6 nitrogen and oxygen atoms in total. The SMILES string of the molecule is Cc1cccc(OCC(=O)N2CC[C@]3(c4ccccc4)[C@@H](C2)OCC(=O)N3C)c1. The van der Waals surface area contributed by atoms with E-state index in [4.69, 9.17) is 9.47 Å². The molecule has 2 heterocycles. The average Bonchev–Trinajstić information content (AvgIpc) is 2.75. The third-order valence-corrected chi connectivity index (χ3v) is 6.04. The fourth-order valence-electron chi connectivity index (χ4n) is 4.39. The van der Waals surface area contributed by atoms with Crippen LogP contribution in [0, 0.1) is 6.92 Å². The number of amides is 2. The van der Waals surface area contributed by atoms with E-state index in [0.29, 0.717) is 25.3 Å². The number of hydrogen-bond acceptors (Lipinski definition) is 4. The first-order chi connectivity index (χ1) is 14.0. The molecule has 0 saturated carbocycles. The van der Waals surface area contributed by atoms with E-state index < -0.39 is 5.54 Å². The summed E-state index contributed by atoms with van der Waals surface area (Å²) in [6.45, 7) is 2.99. The molecule has 2 aliphatic rings. The first kappa shape index (κ1) is 19.5. The fraction of sp³-hybridized carbons (Fsp3) is 0.391. The molecule has 29 heavy (non-hydrogen) atoms. The second-order valence-corrected chi connectivity index (χ2v) is 7.74. The van der Waals surface area contributed by atoms with Crippen molar-refractivity contribution in [1.29, 1.82) is 0 Å². The van der Waals surface area contributed by atoms with E-state index in [-0.39, 0.29) is 31.1 Å². The summed E-state index contributed by atoms with van der Waals surface area (Å²) in [6, 6.07) is 17.6. The second kappa shape index (κ2) is 7.87. The summed E-state index contributed by atoms with van der Waals surface area (Å²) in [7, 11) is 1.84. The van der Waals surface area contributed by atoms with E-state index in [1.807, 2.05) is 73.5 Å². The Bertz CT molecular complexity index is 901. The molecule has 2 amide bonds. The Morgan fingerprint density at radius 3 is 2.76 bits per heavy atom.